The molecule has 0 spiro atoms. The molecule has 1 saturated heterocycles. The van der Waals surface area contributed by atoms with Crippen LogP contribution in [0.15, 0.2) is 18.2 Å². The molecule has 3 rings (SSSR count). The topological polar surface area (TPSA) is 124 Å². The van der Waals surface area contributed by atoms with Gasteiger partial charge in [0.2, 0.25) is 12.4 Å². The maximum Gasteiger partial charge on any atom is 0.303 e. The van der Waals surface area contributed by atoms with Crippen LogP contribution in [0, 0.1) is 0 Å². The summed E-state index contributed by atoms with van der Waals surface area (Å²) in [5, 5.41) is 0. The lowest BCUT2D eigenvalue weighted by atomic mass is 9.91. The minimum atomic E-state index is -1.26. The molecular formula is C24H30O10. The summed E-state index contributed by atoms with van der Waals surface area (Å²) in [5.74, 6) is -2.07. The van der Waals surface area contributed by atoms with E-state index >= 15 is 0 Å². The normalized spacial score (nSPS) is 25.9. The summed E-state index contributed by atoms with van der Waals surface area (Å²) in [6.07, 6.45) is -2.18. The molecule has 0 aromatic heterocycles. The number of benzene rings is 1. The summed E-state index contributed by atoms with van der Waals surface area (Å²) in [7, 11) is 0. The summed E-state index contributed by atoms with van der Waals surface area (Å²) in [6, 6.07) is 5.69. The van der Waals surface area contributed by atoms with Gasteiger partial charge in [-0.1, -0.05) is 12.1 Å². The van der Waals surface area contributed by atoms with E-state index in [1.54, 1.807) is 6.07 Å². The molecule has 0 saturated carbocycles. The maximum absolute atomic E-state index is 11.9. The van der Waals surface area contributed by atoms with Crippen molar-refractivity contribution in [2.75, 3.05) is 6.61 Å². The van der Waals surface area contributed by atoms with E-state index in [-0.39, 0.29) is 6.61 Å². The van der Waals surface area contributed by atoms with Crippen LogP contribution >= 0.6 is 0 Å². The Labute approximate surface area is 197 Å². The molecule has 1 aromatic rings. The maximum atomic E-state index is 11.9. The Hall–Kier alpha value is -3.14. The molecule has 10 nitrogen and oxygen atoms in total. The molecule has 0 radical (unpaired) electrons. The summed E-state index contributed by atoms with van der Waals surface area (Å²) in [6.45, 7) is 4.46. The van der Waals surface area contributed by atoms with Crippen molar-refractivity contribution >= 4 is 23.9 Å². The van der Waals surface area contributed by atoms with Crippen LogP contribution in [0.3, 0.4) is 0 Å². The van der Waals surface area contributed by atoms with Gasteiger partial charge in [0.05, 0.1) is 0 Å². The monoisotopic (exact) mass is 478 g/mol. The van der Waals surface area contributed by atoms with E-state index < -0.39 is 54.6 Å². The van der Waals surface area contributed by atoms with Gasteiger partial charge in [-0.3, -0.25) is 19.2 Å². The molecule has 5 atom stereocenters. The Morgan fingerprint density at radius 1 is 0.824 bits per heavy atom. The predicted octanol–water partition coefficient (Wildman–Crippen LogP) is 2.03. The van der Waals surface area contributed by atoms with E-state index in [0.29, 0.717) is 5.75 Å². The highest BCUT2D eigenvalue weighted by molar-refractivity contribution is 5.68. The Balaban J connectivity index is 1.99. The second-order valence-electron chi connectivity index (χ2n) is 8.29. The molecule has 186 valence electrons. The van der Waals surface area contributed by atoms with E-state index in [2.05, 4.69) is 0 Å². The Kier molecular flexibility index (Phi) is 8.49. The van der Waals surface area contributed by atoms with Crippen LogP contribution < -0.4 is 4.74 Å². The Morgan fingerprint density at radius 2 is 1.44 bits per heavy atom. The number of ether oxygens (including phenoxy) is 6. The largest absolute Gasteiger partial charge is 0.463 e. The van der Waals surface area contributed by atoms with Gasteiger partial charge < -0.3 is 28.4 Å². The first-order valence-electron chi connectivity index (χ1n) is 11.2. The summed E-state index contributed by atoms with van der Waals surface area (Å²) in [4.78, 5) is 47.2. The molecule has 0 unspecified atom stereocenters. The lowest BCUT2D eigenvalue weighted by Crippen LogP contribution is -2.63. The summed E-state index contributed by atoms with van der Waals surface area (Å²) in [5.41, 5.74) is 2.19. The fraction of sp³-hybridized carbons (Fsp3) is 0.583. The van der Waals surface area contributed by atoms with Crippen molar-refractivity contribution in [1.29, 1.82) is 0 Å². The molecule has 34 heavy (non-hydrogen) atoms. The fourth-order valence-corrected chi connectivity index (χ4v) is 4.27. The SMILES string of the molecule is CC(=O)OC[C@H]1O[C@@H](Oc2cccc3c2CCCC3)[C@H](OC(C)=O)[C@@H](OC(C)=O)[C@@H]1OC(C)=O. The zero-order valence-electron chi connectivity index (χ0n) is 19.7. The number of rotatable bonds is 7. The van der Waals surface area contributed by atoms with Crippen molar-refractivity contribution in [3.05, 3.63) is 29.3 Å². The van der Waals surface area contributed by atoms with Crippen molar-refractivity contribution in [2.24, 2.45) is 0 Å². The smallest absolute Gasteiger partial charge is 0.303 e. The van der Waals surface area contributed by atoms with Gasteiger partial charge in [-0.25, -0.2) is 0 Å². The molecule has 2 aliphatic rings. The van der Waals surface area contributed by atoms with Gasteiger partial charge in [0.1, 0.15) is 18.5 Å². The highest BCUT2D eigenvalue weighted by Crippen LogP contribution is 2.34. The second kappa shape index (κ2) is 11.3. The first-order chi connectivity index (χ1) is 16.2. The molecule has 0 N–H and O–H groups in total. The molecule has 1 aromatic carbocycles. The van der Waals surface area contributed by atoms with Crippen LogP contribution in [0.1, 0.15) is 51.7 Å². The number of hydrogen-bond acceptors (Lipinski definition) is 10. The molecular weight excluding hydrogens is 448 g/mol. The van der Waals surface area contributed by atoms with Crippen molar-refractivity contribution < 1.29 is 47.6 Å². The molecule has 1 aliphatic heterocycles. The van der Waals surface area contributed by atoms with Gasteiger partial charge in [-0.2, -0.15) is 0 Å². The number of carbonyl (C=O) groups is 4. The average Bonchev–Trinajstić information content (AvgIpc) is 2.75. The number of esters is 4. The fourth-order valence-electron chi connectivity index (χ4n) is 4.27. The van der Waals surface area contributed by atoms with Crippen LogP contribution in [-0.2, 0) is 55.7 Å². The highest BCUT2D eigenvalue weighted by Gasteiger charge is 2.53. The van der Waals surface area contributed by atoms with E-state index in [0.717, 1.165) is 36.8 Å². The van der Waals surface area contributed by atoms with E-state index in [4.69, 9.17) is 28.4 Å². The van der Waals surface area contributed by atoms with Crippen LogP contribution in [0.25, 0.3) is 0 Å². The third kappa shape index (κ3) is 6.47. The van der Waals surface area contributed by atoms with Gasteiger partial charge in [0, 0.05) is 27.7 Å². The molecule has 1 heterocycles. The molecule has 0 amide bonds. The third-order valence-corrected chi connectivity index (χ3v) is 5.54. The molecule has 10 heteroatoms. The quantitative estimate of drug-likeness (QED) is 0.425. The zero-order chi connectivity index (χ0) is 24.8. The first-order valence-corrected chi connectivity index (χ1v) is 11.2. The number of hydrogen-bond donors (Lipinski definition) is 0. The minimum absolute atomic E-state index is 0.301. The number of fused-ring (bicyclic) bond motifs is 1. The standard InChI is InChI=1S/C24H30O10/c1-13(25)29-12-20-21(30-14(2)26)22(31-15(3)27)23(32-16(4)28)24(34-20)33-19-11-7-9-17-8-5-6-10-18(17)19/h7,9,11,20-24H,5-6,8,10,12H2,1-4H3/t20-,21-,22+,23-,24-/m1/s1. The average molecular weight is 478 g/mol. The lowest BCUT2D eigenvalue weighted by Gasteiger charge is -2.44. The molecule has 1 aliphatic carbocycles. The van der Waals surface area contributed by atoms with E-state index in [9.17, 15) is 19.2 Å². The predicted molar refractivity (Wildman–Crippen MR) is 116 cm³/mol. The van der Waals surface area contributed by atoms with Crippen molar-refractivity contribution in [3.8, 4) is 5.75 Å². The Bertz CT molecular complexity index is 926. The summed E-state index contributed by atoms with van der Waals surface area (Å²) < 4.78 is 33.6. The van der Waals surface area contributed by atoms with Gasteiger partial charge in [0.25, 0.3) is 0 Å². The van der Waals surface area contributed by atoms with Crippen LogP contribution in [0.2, 0.25) is 0 Å². The second-order valence-corrected chi connectivity index (χ2v) is 8.29. The van der Waals surface area contributed by atoms with Gasteiger partial charge in [0.15, 0.2) is 12.2 Å². The number of carbonyl (C=O) groups excluding carboxylic acids is 4. The van der Waals surface area contributed by atoms with Crippen molar-refractivity contribution in [1.82, 2.24) is 0 Å². The van der Waals surface area contributed by atoms with Crippen LogP contribution in [0.5, 0.6) is 5.75 Å². The van der Waals surface area contributed by atoms with Gasteiger partial charge in [-0.05, 0) is 42.9 Å². The third-order valence-electron chi connectivity index (χ3n) is 5.54. The summed E-state index contributed by atoms with van der Waals surface area (Å²) >= 11 is 0. The zero-order valence-corrected chi connectivity index (χ0v) is 19.7. The van der Waals surface area contributed by atoms with Gasteiger partial charge >= 0.3 is 23.9 Å². The Morgan fingerprint density at radius 3 is 2.09 bits per heavy atom. The lowest BCUT2D eigenvalue weighted by molar-refractivity contribution is -0.288. The van der Waals surface area contributed by atoms with E-state index in [1.165, 1.54) is 27.7 Å². The van der Waals surface area contributed by atoms with E-state index in [1.807, 2.05) is 12.1 Å². The van der Waals surface area contributed by atoms with Crippen molar-refractivity contribution in [2.45, 2.75) is 84.1 Å². The van der Waals surface area contributed by atoms with Gasteiger partial charge in [-0.15, -0.1) is 0 Å². The van der Waals surface area contributed by atoms with Crippen LogP contribution in [-0.4, -0.2) is 61.2 Å². The highest BCUT2D eigenvalue weighted by atomic mass is 16.7. The number of aryl methyl sites for hydroxylation is 1. The molecule has 1 fully saturated rings. The van der Waals surface area contributed by atoms with Crippen LogP contribution in [0.4, 0.5) is 0 Å². The first kappa shape index (κ1) is 25.5. The van der Waals surface area contributed by atoms with Crippen molar-refractivity contribution in [3.63, 3.8) is 0 Å². The molecule has 0 bridgehead atoms. The minimum Gasteiger partial charge on any atom is -0.463 e.